The van der Waals surface area contributed by atoms with Crippen molar-refractivity contribution in [2.75, 3.05) is 13.1 Å². The first kappa shape index (κ1) is 13.4. The Kier molecular flexibility index (Phi) is 8.67. The van der Waals surface area contributed by atoms with Crippen LogP contribution in [0.5, 0.6) is 0 Å². The molecule has 1 fully saturated rings. The molecule has 1 atom stereocenters. The molecule has 0 amide bonds. The van der Waals surface area contributed by atoms with Crippen LogP contribution in [0.1, 0.15) is 52.4 Å². The molecule has 0 spiro atoms. The minimum absolute atomic E-state index is 0.920. The minimum Gasteiger partial charge on any atom is -0.301 e. The van der Waals surface area contributed by atoms with Crippen molar-refractivity contribution in [2.24, 2.45) is 0 Å². The first-order valence-corrected chi connectivity index (χ1v) is 5.88. The maximum atomic E-state index is 6.50. The summed E-state index contributed by atoms with van der Waals surface area (Å²) in [6.45, 7) is 10.7. The van der Waals surface area contributed by atoms with E-state index in [4.69, 9.17) is 5.26 Å². The molecule has 0 aromatic carbocycles. The van der Waals surface area contributed by atoms with Crippen molar-refractivity contribution in [1.29, 1.82) is 5.26 Å². The Morgan fingerprint density at radius 3 is 2.57 bits per heavy atom. The number of rotatable bonds is 4. The van der Waals surface area contributed by atoms with E-state index in [9.17, 15) is 0 Å². The molecule has 1 rings (SSSR count). The van der Waals surface area contributed by atoms with E-state index in [-0.39, 0.29) is 0 Å². The van der Waals surface area contributed by atoms with Crippen molar-refractivity contribution < 1.29 is 0 Å². The molecule has 14 heavy (non-hydrogen) atoms. The number of hydrogen-bond acceptors (Lipinski definition) is 2. The summed E-state index contributed by atoms with van der Waals surface area (Å²) < 4.78 is 0. The van der Waals surface area contributed by atoms with Crippen LogP contribution in [-0.4, -0.2) is 24.0 Å². The van der Waals surface area contributed by atoms with Gasteiger partial charge in [-0.1, -0.05) is 33.1 Å². The molecule has 0 aromatic rings. The van der Waals surface area contributed by atoms with Gasteiger partial charge in [-0.2, -0.15) is 0 Å². The Hall–Kier alpha value is -0.550. The third-order valence-electron chi connectivity index (χ3n) is 3.05. The lowest BCUT2D eigenvalue weighted by atomic mass is 9.97. The second-order valence-corrected chi connectivity index (χ2v) is 3.92. The quantitative estimate of drug-likeness (QED) is 0.690. The van der Waals surface area contributed by atoms with Gasteiger partial charge in [0.25, 0.3) is 0 Å². The molecule has 0 aromatic heterocycles. The molecule has 2 heteroatoms. The first-order chi connectivity index (χ1) is 6.88. The summed E-state index contributed by atoms with van der Waals surface area (Å²) in [4.78, 5) is 2.67. The Morgan fingerprint density at radius 2 is 2.00 bits per heavy atom. The molecule has 1 unspecified atom stereocenters. The molecule has 1 saturated heterocycles. The molecular formula is C12H24N2. The van der Waals surface area contributed by atoms with Crippen LogP contribution < -0.4 is 0 Å². The summed E-state index contributed by atoms with van der Waals surface area (Å²) >= 11 is 0. The van der Waals surface area contributed by atoms with E-state index in [1.807, 2.05) is 0 Å². The summed E-state index contributed by atoms with van der Waals surface area (Å²) in [5.74, 6) is 0. The van der Waals surface area contributed by atoms with Crippen molar-refractivity contribution in [1.82, 2.24) is 4.90 Å². The van der Waals surface area contributed by atoms with E-state index < -0.39 is 0 Å². The lowest BCUT2D eigenvalue weighted by Crippen LogP contribution is -2.39. The highest BCUT2D eigenvalue weighted by Crippen LogP contribution is 2.20. The van der Waals surface area contributed by atoms with Crippen molar-refractivity contribution in [3.05, 3.63) is 0 Å². The third kappa shape index (κ3) is 4.62. The zero-order valence-electron chi connectivity index (χ0n) is 9.71. The highest BCUT2D eigenvalue weighted by molar-refractivity contribution is 4.75. The standard InChI is InChI=1S/C11H23N.CHN/c1-3-5-8-11-9-6-7-10-12(11)4-2;1-2/h11H,3-10H2,1-2H3;1H. The van der Waals surface area contributed by atoms with Crippen LogP contribution in [0.25, 0.3) is 0 Å². The molecule has 0 N–H and O–H groups in total. The molecule has 1 heterocycles. The normalized spacial score (nSPS) is 22.4. The van der Waals surface area contributed by atoms with Crippen LogP contribution >= 0.6 is 0 Å². The Bertz CT molecular complexity index is 143. The number of nitriles is 1. The van der Waals surface area contributed by atoms with Crippen LogP contribution in [0.4, 0.5) is 0 Å². The maximum Gasteiger partial charge on any atom is 0.0462 e. The average molecular weight is 196 g/mol. The highest BCUT2D eigenvalue weighted by atomic mass is 15.2. The van der Waals surface area contributed by atoms with Gasteiger partial charge in [-0.15, -0.1) is 0 Å². The molecule has 0 saturated carbocycles. The lowest BCUT2D eigenvalue weighted by molar-refractivity contribution is 0.146. The van der Waals surface area contributed by atoms with Crippen molar-refractivity contribution in [3.63, 3.8) is 0 Å². The second-order valence-electron chi connectivity index (χ2n) is 3.92. The monoisotopic (exact) mass is 196 g/mol. The Balaban J connectivity index is 0.000000791. The van der Waals surface area contributed by atoms with Crippen LogP contribution in [0.2, 0.25) is 0 Å². The van der Waals surface area contributed by atoms with Gasteiger partial charge in [-0.25, -0.2) is 5.26 Å². The smallest absolute Gasteiger partial charge is 0.0462 e. The van der Waals surface area contributed by atoms with Crippen molar-refractivity contribution >= 4 is 0 Å². The predicted octanol–water partition coefficient (Wildman–Crippen LogP) is 3.19. The van der Waals surface area contributed by atoms with Gasteiger partial charge in [0.2, 0.25) is 0 Å². The lowest BCUT2D eigenvalue weighted by Gasteiger charge is -2.34. The van der Waals surface area contributed by atoms with Gasteiger partial charge in [0.1, 0.15) is 0 Å². The van der Waals surface area contributed by atoms with Gasteiger partial charge in [0.05, 0.1) is 0 Å². The summed E-state index contributed by atoms with van der Waals surface area (Å²) in [5, 5.41) is 6.50. The molecule has 1 aliphatic heterocycles. The van der Waals surface area contributed by atoms with Crippen LogP contribution in [0, 0.1) is 11.8 Å². The van der Waals surface area contributed by atoms with E-state index in [0.717, 1.165) is 6.04 Å². The zero-order valence-corrected chi connectivity index (χ0v) is 9.71. The molecular weight excluding hydrogens is 172 g/mol. The van der Waals surface area contributed by atoms with E-state index >= 15 is 0 Å². The predicted molar refractivity (Wildman–Crippen MR) is 61.1 cm³/mol. The molecule has 0 radical (unpaired) electrons. The van der Waals surface area contributed by atoms with Crippen molar-refractivity contribution in [3.8, 4) is 6.57 Å². The minimum atomic E-state index is 0.920. The third-order valence-corrected chi connectivity index (χ3v) is 3.05. The zero-order chi connectivity index (χ0) is 10.8. The van der Waals surface area contributed by atoms with Crippen LogP contribution in [0.3, 0.4) is 0 Å². The molecule has 0 aliphatic carbocycles. The number of nitrogens with zero attached hydrogens (tertiary/aromatic N) is 2. The summed E-state index contributed by atoms with van der Waals surface area (Å²) in [5.41, 5.74) is 0. The fraction of sp³-hybridized carbons (Fsp3) is 0.917. The van der Waals surface area contributed by atoms with Crippen molar-refractivity contribution in [2.45, 2.75) is 58.4 Å². The van der Waals surface area contributed by atoms with E-state index in [1.165, 1.54) is 51.6 Å². The fourth-order valence-corrected chi connectivity index (χ4v) is 2.24. The Morgan fingerprint density at radius 1 is 1.29 bits per heavy atom. The summed E-state index contributed by atoms with van der Waals surface area (Å²) in [7, 11) is 0. The van der Waals surface area contributed by atoms with Gasteiger partial charge < -0.3 is 4.90 Å². The summed E-state index contributed by atoms with van der Waals surface area (Å²) in [6, 6.07) is 0.920. The molecule has 2 nitrogen and oxygen atoms in total. The van der Waals surface area contributed by atoms with Crippen LogP contribution in [0.15, 0.2) is 0 Å². The van der Waals surface area contributed by atoms with E-state index in [0.29, 0.717) is 0 Å². The topological polar surface area (TPSA) is 27.0 Å². The van der Waals surface area contributed by atoms with Gasteiger partial charge >= 0.3 is 0 Å². The molecule has 1 aliphatic rings. The number of unbranched alkanes of at least 4 members (excludes halogenated alkanes) is 1. The first-order valence-electron chi connectivity index (χ1n) is 5.88. The summed E-state index contributed by atoms with van der Waals surface area (Å²) in [6.07, 6.45) is 8.55. The van der Waals surface area contributed by atoms with E-state index in [1.54, 1.807) is 0 Å². The maximum absolute atomic E-state index is 6.50. The fourth-order valence-electron chi connectivity index (χ4n) is 2.24. The number of hydrogen-bond donors (Lipinski definition) is 0. The molecule has 82 valence electrons. The van der Waals surface area contributed by atoms with Gasteiger partial charge in [0, 0.05) is 12.6 Å². The Labute approximate surface area is 88.9 Å². The number of likely N-dealkylation sites (tertiary alicyclic amines) is 1. The second kappa shape index (κ2) is 9.02. The van der Waals surface area contributed by atoms with Gasteiger partial charge in [-0.3, -0.25) is 0 Å². The van der Waals surface area contributed by atoms with Gasteiger partial charge in [-0.05, 0) is 32.4 Å². The van der Waals surface area contributed by atoms with E-state index in [2.05, 4.69) is 25.3 Å². The van der Waals surface area contributed by atoms with Crippen LogP contribution in [-0.2, 0) is 0 Å². The largest absolute Gasteiger partial charge is 0.301 e. The number of piperidine rings is 1. The van der Waals surface area contributed by atoms with Gasteiger partial charge in [0.15, 0.2) is 0 Å². The average Bonchev–Trinajstić information content (AvgIpc) is 2.29. The highest BCUT2D eigenvalue weighted by Gasteiger charge is 2.19. The molecule has 0 bridgehead atoms. The SMILES string of the molecule is C#N.CCCCC1CCCCN1CC.